The van der Waals surface area contributed by atoms with Gasteiger partial charge in [-0.3, -0.25) is 0 Å². The van der Waals surface area contributed by atoms with Gasteiger partial charge in [-0.05, 0) is 98.1 Å². The minimum Gasteiger partial charge on any atom is -0.465 e. The highest BCUT2D eigenvalue weighted by Gasteiger charge is 2.48. The predicted molar refractivity (Wildman–Crippen MR) is 111 cm³/mol. The molecule has 4 aliphatic rings. The van der Waals surface area contributed by atoms with Gasteiger partial charge in [-0.15, -0.1) is 0 Å². The SMILES string of the molecule is CCCOC(CC1C2CC3CC(C2)CC1C3)Oc1ccc(C(C)CC)cc1. The Labute approximate surface area is 166 Å². The molecule has 0 aliphatic heterocycles. The normalized spacial score (nSPS) is 33.8. The topological polar surface area (TPSA) is 18.5 Å². The Kier molecular flexibility index (Phi) is 6.12. The molecule has 0 saturated heterocycles. The summed E-state index contributed by atoms with van der Waals surface area (Å²) in [6.45, 7) is 7.51. The van der Waals surface area contributed by atoms with Gasteiger partial charge in [-0.2, -0.15) is 0 Å². The van der Waals surface area contributed by atoms with E-state index >= 15 is 0 Å². The molecule has 1 aromatic carbocycles. The lowest BCUT2D eigenvalue weighted by atomic mass is 9.51. The van der Waals surface area contributed by atoms with E-state index in [0.717, 1.165) is 54.8 Å². The number of ether oxygens (including phenoxy) is 2. The van der Waals surface area contributed by atoms with Crippen LogP contribution in [0, 0.1) is 29.6 Å². The van der Waals surface area contributed by atoms with Gasteiger partial charge in [0.2, 0.25) is 0 Å². The van der Waals surface area contributed by atoms with Crippen LogP contribution in [0.3, 0.4) is 0 Å². The molecular weight excluding hydrogens is 332 g/mol. The molecule has 0 N–H and O–H groups in total. The summed E-state index contributed by atoms with van der Waals surface area (Å²) in [6.07, 6.45) is 10.6. The predicted octanol–water partition coefficient (Wildman–Crippen LogP) is 6.79. The van der Waals surface area contributed by atoms with Crippen LogP contribution in [-0.4, -0.2) is 12.9 Å². The minimum atomic E-state index is -0.0816. The Morgan fingerprint density at radius 1 is 0.926 bits per heavy atom. The first-order chi connectivity index (χ1) is 13.2. The molecule has 2 unspecified atom stereocenters. The van der Waals surface area contributed by atoms with Gasteiger partial charge in [0.05, 0.1) is 6.61 Å². The first-order valence-electron chi connectivity index (χ1n) is 11.5. The van der Waals surface area contributed by atoms with E-state index in [4.69, 9.17) is 9.47 Å². The largest absolute Gasteiger partial charge is 0.465 e. The lowest BCUT2D eigenvalue weighted by Gasteiger charge is -2.55. The quantitative estimate of drug-likeness (QED) is 0.445. The number of rotatable bonds is 9. The second-order valence-corrected chi connectivity index (χ2v) is 9.63. The fraction of sp³-hybridized carbons (Fsp3) is 0.760. The Bertz CT molecular complexity index is 565. The average Bonchev–Trinajstić information content (AvgIpc) is 2.68. The third-order valence-corrected chi connectivity index (χ3v) is 7.72. The summed E-state index contributed by atoms with van der Waals surface area (Å²) in [5.41, 5.74) is 1.40. The monoisotopic (exact) mass is 370 g/mol. The van der Waals surface area contributed by atoms with Gasteiger partial charge in [0, 0.05) is 6.42 Å². The lowest BCUT2D eigenvalue weighted by Crippen LogP contribution is -2.46. The van der Waals surface area contributed by atoms with Crippen LogP contribution in [0.4, 0.5) is 0 Å². The Morgan fingerprint density at radius 2 is 1.56 bits per heavy atom. The standard InChI is InChI=1S/C25H38O2/c1-4-10-26-25(27-23-8-6-20(7-9-23)17(3)5-2)16-24-21-12-18-11-19(14-21)15-22(24)13-18/h6-9,17-19,21-22,24-25H,4-5,10-16H2,1-3H3. The highest BCUT2D eigenvalue weighted by atomic mass is 16.7. The Hall–Kier alpha value is -1.02. The smallest absolute Gasteiger partial charge is 0.200 e. The van der Waals surface area contributed by atoms with Crippen molar-refractivity contribution in [3.63, 3.8) is 0 Å². The van der Waals surface area contributed by atoms with Crippen LogP contribution < -0.4 is 4.74 Å². The van der Waals surface area contributed by atoms with Crippen molar-refractivity contribution in [1.82, 2.24) is 0 Å². The highest BCUT2D eigenvalue weighted by Crippen LogP contribution is 2.57. The summed E-state index contributed by atoms with van der Waals surface area (Å²) < 4.78 is 12.5. The van der Waals surface area contributed by atoms with Gasteiger partial charge in [0.15, 0.2) is 6.29 Å². The van der Waals surface area contributed by atoms with Crippen molar-refractivity contribution in [1.29, 1.82) is 0 Å². The molecule has 1 aromatic rings. The zero-order valence-electron chi connectivity index (χ0n) is 17.5. The molecule has 4 fully saturated rings. The maximum Gasteiger partial charge on any atom is 0.200 e. The molecule has 4 bridgehead atoms. The van der Waals surface area contributed by atoms with Crippen molar-refractivity contribution >= 4 is 0 Å². The van der Waals surface area contributed by atoms with Crippen molar-refractivity contribution in [3.8, 4) is 5.75 Å². The summed E-state index contributed by atoms with van der Waals surface area (Å²) in [5.74, 6) is 6.33. The molecule has 4 aliphatic carbocycles. The van der Waals surface area contributed by atoms with Crippen LogP contribution in [0.25, 0.3) is 0 Å². The molecule has 0 spiro atoms. The fourth-order valence-electron chi connectivity index (χ4n) is 6.31. The van der Waals surface area contributed by atoms with E-state index in [-0.39, 0.29) is 6.29 Å². The third kappa shape index (κ3) is 4.36. The van der Waals surface area contributed by atoms with Crippen molar-refractivity contribution in [2.75, 3.05) is 6.61 Å². The van der Waals surface area contributed by atoms with Gasteiger partial charge in [0.1, 0.15) is 5.75 Å². The van der Waals surface area contributed by atoms with E-state index in [2.05, 4.69) is 45.0 Å². The van der Waals surface area contributed by atoms with Crippen LogP contribution in [0.15, 0.2) is 24.3 Å². The molecule has 0 heterocycles. The third-order valence-electron chi connectivity index (χ3n) is 7.72. The molecule has 27 heavy (non-hydrogen) atoms. The van der Waals surface area contributed by atoms with Gasteiger partial charge in [-0.25, -0.2) is 0 Å². The molecule has 2 nitrogen and oxygen atoms in total. The number of benzene rings is 1. The minimum absolute atomic E-state index is 0.0816. The van der Waals surface area contributed by atoms with Crippen molar-refractivity contribution in [2.45, 2.75) is 84.3 Å². The van der Waals surface area contributed by atoms with E-state index in [1.165, 1.54) is 44.1 Å². The molecule has 5 rings (SSSR count). The van der Waals surface area contributed by atoms with Gasteiger partial charge < -0.3 is 9.47 Å². The molecule has 150 valence electrons. The van der Waals surface area contributed by atoms with E-state index in [0.29, 0.717) is 5.92 Å². The summed E-state index contributed by atoms with van der Waals surface area (Å²) in [7, 11) is 0. The van der Waals surface area contributed by atoms with E-state index in [1.54, 1.807) is 0 Å². The van der Waals surface area contributed by atoms with Gasteiger partial charge in [-0.1, -0.05) is 32.9 Å². The van der Waals surface area contributed by atoms with Crippen molar-refractivity contribution in [2.24, 2.45) is 29.6 Å². The highest BCUT2D eigenvalue weighted by molar-refractivity contribution is 5.29. The molecule has 0 amide bonds. The molecule has 2 heteroatoms. The number of hydrogen-bond donors (Lipinski definition) is 0. The van der Waals surface area contributed by atoms with E-state index in [1.807, 2.05) is 0 Å². The zero-order valence-corrected chi connectivity index (χ0v) is 17.5. The average molecular weight is 371 g/mol. The van der Waals surface area contributed by atoms with Crippen LogP contribution in [0.5, 0.6) is 5.75 Å². The maximum absolute atomic E-state index is 6.37. The summed E-state index contributed by atoms with van der Waals surface area (Å²) >= 11 is 0. The molecular formula is C25H38O2. The number of hydrogen-bond acceptors (Lipinski definition) is 2. The van der Waals surface area contributed by atoms with Crippen molar-refractivity contribution < 1.29 is 9.47 Å². The van der Waals surface area contributed by atoms with Crippen molar-refractivity contribution in [3.05, 3.63) is 29.8 Å². The van der Waals surface area contributed by atoms with E-state index < -0.39 is 0 Å². The van der Waals surface area contributed by atoms with E-state index in [9.17, 15) is 0 Å². The molecule has 0 radical (unpaired) electrons. The first kappa shape index (κ1) is 19.3. The zero-order chi connectivity index (χ0) is 18.8. The van der Waals surface area contributed by atoms with Crippen LogP contribution in [0.2, 0.25) is 0 Å². The molecule has 0 aromatic heterocycles. The lowest BCUT2D eigenvalue weighted by molar-refractivity contribution is -0.125. The van der Waals surface area contributed by atoms with Gasteiger partial charge in [0.25, 0.3) is 0 Å². The molecule has 4 saturated carbocycles. The molecule has 2 atom stereocenters. The summed E-state index contributed by atoms with van der Waals surface area (Å²) in [4.78, 5) is 0. The second-order valence-electron chi connectivity index (χ2n) is 9.63. The van der Waals surface area contributed by atoms with Gasteiger partial charge >= 0.3 is 0 Å². The maximum atomic E-state index is 6.37. The van der Waals surface area contributed by atoms with Crippen LogP contribution in [0.1, 0.15) is 83.6 Å². The van der Waals surface area contributed by atoms with Crippen LogP contribution >= 0.6 is 0 Å². The summed E-state index contributed by atoms with van der Waals surface area (Å²) in [6, 6.07) is 8.73. The Morgan fingerprint density at radius 3 is 2.11 bits per heavy atom. The Balaban J connectivity index is 1.40. The summed E-state index contributed by atoms with van der Waals surface area (Å²) in [5, 5.41) is 0. The first-order valence-corrected chi connectivity index (χ1v) is 11.5. The second kappa shape index (κ2) is 8.55. The fourth-order valence-corrected chi connectivity index (χ4v) is 6.31. The van der Waals surface area contributed by atoms with Crippen LogP contribution in [-0.2, 0) is 4.74 Å².